The predicted molar refractivity (Wildman–Crippen MR) is 191 cm³/mol. The van der Waals surface area contributed by atoms with E-state index in [9.17, 15) is 24.0 Å². The number of nitrogens with one attached hydrogen (secondary N) is 3. The number of H-pyrrole nitrogens is 1. The van der Waals surface area contributed by atoms with Gasteiger partial charge in [-0.1, -0.05) is 18.2 Å². The molecule has 2 aromatic carbocycles. The van der Waals surface area contributed by atoms with Gasteiger partial charge in [0.2, 0.25) is 11.8 Å². The maximum atomic E-state index is 13.6. The first-order chi connectivity index (χ1) is 24.7. The monoisotopic (exact) mass is 687 g/mol. The topological polar surface area (TPSA) is 148 Å². The van der Waals surface area contributed by atoms with E-state index < -0.39 is 29.7 Å². The van der Waals surface area contributed by atoms with Crippen LogP contribution in [-0.2, 0) is 16.0 Å². The molecular weight excluding hydrogens is 646 g/mol. The lowest BCUT2D eigenvalue weighted by atomic mass is 9.90. The summed E-state index contributed by atoms with van der Waals surface area (Å²) in [5.74, 6) is -1.14. The quantitative estimate of drug-likeness (QED) is 0.223. The van der Waals surface area contributed by atoms with Gasteiger partial charge in [-0.15, -0.1) is 0 Å². The van der Waals surface area contributed by atoms with Crippen molar-refractivity contribution in [1.29, 1.82) is 0 Å². The molecule has 4 aliphatic heterocycles. The Hall–Kier alpha value is -5.36. The fourth-order valence-electron chi connectivity index (χ4n) is 8.20. The number of rotatable bonds is 8. The lowest BCUT2D eigenvalue weighted by Crippen LogP contribution is -2.54. The fraction of sp³-hybridized carbons (Fsp3) is 0.385. The summed E-state index contributed by atoms with van der Waals surface area (Å²) in [5.41, 5.74) is 5.26. The average molecular weight is 688 g/mol. The largest absolute Gasteiger partial charge is 0.371 e. The van der Waals surface area contributed by atoms with Gasteiger partial charge >= 0.3 is 0 Å². The second kappa shape index (κ2) is 13.4. The van der Waals surface area contributed by atoms with E-state index in [1.165, 1.54) is 17.7 Å². The Morgan fingerprint density at radius 1 is 0.922 bits per heavy atom. The molecule has 3 saturated heterocycles. The number of amides is 5. The molecule has 4 aromatic rings. The van der Waals surface area contributed by atoms with Gasteiger partial charge in [-0.3, -0.25) is 39.1 Å². The van der Waals surface area contributed by atoms with Crippen LogP contribution in [-0.4, -0.2) is 82.0 Å². The molecule has 0 radical (unpaired) electrons. The van der Waals surface area contributed by atoms with Crippen molar-refractivity contribution >= 4 is 51.9 Å². The van der Waals surface area contributed by atoms with Crippen LogP contribution in [0.4, 0.5) is 11.5 Å². The molecular formula is C39H41N7O5. The molecule has 51 heavy (non-hydrogen) atoms. The third kappa shape index (κ3) is 6.28. The summed E-state index contributed by atoms with van der Waals surface area (Å²) in [6.45, 7) is 2.60. The number of fused-ring (bicyclic) bond motifs is 2. The second-order valence-electron chi connectivity index (χ2n) is 14.3. The van der Waals surface area contributed by atoms with Crippen molar-refractivity contribution in [3.05, 3.63) is 88.7 Å². The SMILES string of the molecule is CN1CCC[C@@H]1c1cc2cnc(NC(=O)c3ccc(CCC4CCN(c5cccc6c5C(=O)N(C5CCC(=O)NC5=O)C6=O)CC4)cc3)cc2[nH]1. The van der Waals surface area contributed by atoms with E-state index in [2.05, 4.69) is 43.5 Å². The zero-order valence-corrected chi connectivity index (χ0v) is 28.6. The highest BCUT2D eigenvalue weighted by molar-refractivity contribution is 6.25. The predicted octanol–water partition coefficient (Wildman–Crippen LogP) is 4.83. The number of carbonyl (C=O) groups excluding carboxylic acids is 5. The van der Waals surface area contributed by atoms with E-state index in [4.69, 9.17) is 0 Å². The van der Waals surface area contributed by atoms with Gasteiger partial charge in [-0.2, -0.15) is 0 Å². The summed E-state index contributed by atoms with van der Waals surface area (Å²) < 4.78 is 0. The molecule has 0 bridgehead atoms. The van der Waals surface area contributed by atoms with Crippen molar-refractivity contribution in [2.24, 2.45) is 5.92 Å². The molecule has 1 unspecified atom stereocenters. The van der Waals surface area contributed by atoms with Crippen molar-refractivity contribution in [3.8, 4) is 0 Å². The van der Waals surface area contributed by atoms with Gasteiger partial charge in [0.05, 0.1) is 22.3 Å². The highest BCUT2D eigenvalue weighted by atomic mass is 16.2. The zero-order chi connectivity index (χ0) is 35.2. The first-order valence-electron chi connectivity index (χ1n) is 17.9. The van der Waals surface area contributed by atoms with Crippen molar-refractivity contribution in [2.75, 3.05) is 36.9 Å². The second-order valence-corrected chi connectivity index (χ2v) is 14.3. The van der Waals surface area contributed by atoms with Crippen LogP contribution in [0, 0.1) is 5.92 Å². The summed E-state index contributed by atoms with van der Waals surface area (Å²) in [6.07, 6.45) is 8.14. The van der Waals surface area contributed by atoms with Gasteiger partial charge in [0, 0.05) is 54.5 Å². The average Bonchev–Trinajstić information content (AvgIpc) is 3.83. The Kier molecular flexibility index (Phi) is 8.63. The maximum absolute atomic E-state index is 13.6. The molecule has 262 valence electrons. The molecule has 4 aliphatic rings. The molecule has 8 rings (SSSR count). The molecule has 3 fully saturated rings. The minimum atomic E-state index is -0.980. The summed E-state index contributed by atoms with van der Waals surface area (Å²) in [7, 11) is 2.15. The Morgan fingerprint density at radius 2 is 1.73 bits per heavy atom. The molecule has 0 spiro atoms. The molecule has 0 saturated carbocycles. The number of hydrogen-bond donors (Lipinski definition) is 3. The Bertz CT molecular complexity index is 2050. The number of imide groups is 2. The number of benzene rings is 2. The highest BCUT2D eigenvalue weighted by Gasteiger charge is 2.46. The molecule has 6 heterocycles. The highest BCUT2D eigenvalue weighted by Crippen LogP contribution is 2.37. The zero-order valence-electron chi connectivity index (χ0n) is 28.6. The van der Waals surface area contributed by atoms with Gasteiger partial charge in [-0.25, -0.2) is 4.98 Å². The van der Waals surface area contributed by atoms with Crippen molar-refractivity contribution in [3.63, 3.8) is 0 Å². The smallest absolute Gasteiger partial charge is 0.264 e. The van der Waals surface area contributed by atoms with E-state index in [0.717, 1.165) is 73.2 Å². The van der Waals surface area contributed by atoms with E-state index >= 15 is 0 Å². The van der Waals surface area contributed by atoms with Crippen molar-refractivity contribution in [2.45, 2.75) is 63.5 Å². The molecule has 0 aliphatic carbocycles. The van der Waals surface area contributed by atoms with Crippen molar-refractivity contribution < 1.29 is 24.0 Å². The van der Waals surface area contributed by atoms with Crippen LogP contribution in [0.2, 0.25) is 0 Å². The summed E-state index contributed by atoms with van der Waals surface area (Å²) in [6, 6.07) is 16.5. The van der Waals surface area contributed by atoms with Crippen LogP contribution in [0.5, 0.6) is 0 Å². The standard InChI is InChI=1S/C39H41N7O5/c1-44-17-3-6-30(44)29-20-26-22-40-33(21-28(26)41-29)42-36(48)25-11-9-23(10-12-25)7-8-24-15-18-45(19-16-24)31-5-2-4-27-35(31)39(51)46(38(27)50)32-13-14-34(47)43-37(32)49/h2,4-5,9-12,20-22,24,30,32,41H,3,6-8,13-19H2,1H3,(H,40,42,48)(H,43,47,49)/t30-,32?/m1/s1. The summed E-state index contributed by atoms with van der Waals surface area (Å²) >= 11 is 0. The molecule has 3 N–H and O–H groups in total. The number of piperidine rings is 2. The van der Waals surface area contributed by atoms with E-state index in [0.29, 0.717) is 34.5 Å². The number of likely N-dealkylation sites (tertiary alicyclic amines) is 1. The Labute approximate surface area is 295 Å². The normalized spacial score (nSPS) is 21.4. The van der Waals surface area contributed by atoms with Gasteiger partial charge in [0.25, 0.3) is 17.7 Å². The minimum absolute atomic E-state index is 0.0900. The Balaban J connectivity index is 0.842. The number of hydrogen-bond acceptors (Lipinski definition) is 8. The number of carbonyl (C=O) groups is 5. The number of nitrogens with zero attached hydrogens (tertiary/aromatic N) is 4. The number of aryl methyl sites for hydroxylation is 1. The van der Waals surface area contributed by atoms with Crippen molar-refractivity contribution in [1.82, 2.24) is 25.1 Å². The maximum Gasteiger partial charge on any atom is 0.264 e. The number of anilines is 2. The Morgan fingerprint density at radius 3 is 2.47 bits per heavy atom. The number of pyridine rings is 1. The summed E-state index contributed by atoms with van der Waals surface area (Å²) in [4.78, 5) is 77.6. The number of aromatic amines is 1. The van der Waals surface area contributed by atoms with Crippen LogP contribution in [0.1, 0.15) is 93.3 Å². The van der Waals surface area contributed by atoms with E-state index in [-0.39, 0.29) is 18.7 Å². The third-order valence-electron chi connectivity index (χ3n) is 11.1. The molecule has 12 heteroatoms. The lowest BCUT2D eigenvalue weighted by molar-refractivity contribution is -0.136. The molecule has 5 amide bonds. The lowest BCUT2D eigenvalue weighted by Gasteiger charge is -2.34. The van der Waals surface area contributed by atoms with Gasteiger partial charge in [0.15, 0.2) is 0 Å². The molecule has 12 nitrogen and oxygen atoms in total. The van der Waals surface area contributed by atoms with Crippen LogP contribution in [0.3, 0.4) is 0 Å². The minimum Gasteiger partial charge on any atom is -0.371 e. The van der Waals surface area contributed by atoms with Gasteiger partial charge in [-0.05, 0) is 100 Å². The van der Waals surface area contributed by atoms with Gasteiger partial charge in [0.1, 0.15) is 11.9 Å². The van der Waals surface area contributed by atoms with Crippen LogP contribution < -0.4 is 15.5 Å². The molecule has 2 atom stereocenters. The van der Waals surface area contributed by atoms with Gasteiger partial charge < -0.3 is 15.2 Å². The van der Waals surface area contributed by atoms with Crippen LogP contribution >= 0.6 is 0 Å². The van der Waals surface area contributed by atoms with Crippen LogP contribution in [0.15, 0.2) is 60.8 Å². The first kappa shape index (κ1) is 32.8. The number of aromatic nitrogens is 2. The third-order valence-corrected chi connectivity index (χ3v) is 11.1. The summed E-state index contributed by atoms with van der Waals surface area (Å²) in [5, 5.41) is 6.23. The van der Waals surface area contributed by atoms with E-state index in [1.807, 2.05) is 36.4 Å². The first-order valence-corrected chi connectivity index (χ1v) is 17.9. The molecule has 2 aromatic heterocycles. The fourth-order valence-corrected chi connectivity index (χ4v) is 8.20. The van der Waals surface area contributed by atoms with Crippen LogP contribution in [0.25, 0.3) is 10.9 Å². The van der Waals surface area contributed by atoms with E-state index in [1.54, 1.807) is 18.3 Å².